The van der Waals surface area contributed by atoms with E-state index in [4.69, 9.17) is 4.74 Å². The van der Waals surface area contributed by atoms with Gasteiger partial charge in [0.25, 0.3) is 0 Å². The molecule has 2 rings (SSSR count). The number of halogens is 1. The van der Waals surface area contributed by atoms with Gasteiger partial charge in [-0.25, -0.2) is 0 Å². The zero-order chi connectivity index (χ0) is 14.0. The summed E-state index contributed by atoms with van der Waals surface area (Å²) in [7, 11) is 0. The molecule has 0 saturated heterocycles. The second-order valence-corrected chi connectivity index (χ2v) is 6.72. The first-order chi connectivity index (χ1) is 9.01. The lowest BCUT2D eigenvalue weighted by Gasteiger charge is -2.22. The maximum Gasteiger partial charge on any atom is 0.123 e. The van der Waals surface area contributed by atoms with Gasteiger partial charge in [0, 0.05) is 16.1 Å². The van der Waals surface area contributed by atoms with Crippen molar-refractivity contribution in [1.29, 1.82) is 0 Å². The summed E-state index contributed by atoms with van der Waals surface area (Å²) < 4.78 is 7.04. The molecule has 1 N–H and O–H groups in total. The first-order valence-electron chi connectivity index (χ1n) is 7.20. The maximum absolute atomic E-state index is 5.84. The van der Waals surface area contributed by atoms with E-state index in [9.17, 15) is 0 Å². The highest BCUT2D eigenvalue weighted by Gasteiger charge is 2.40. The molecule has 0 heterocycles. The van der Waals surface area contributed by atoms with Crippen LogP contribution in [-0.4, -0.2) is 13.2 Å². The van der Waals surface area contributed by atoms with E-state index < -0.39 is 0 Å². The number of benzene rings is 1. The lowest BCUT2D eigenvalue weighted by molar-refractivity contribution is 0.328. The molecule has 0 fully saturated rings. The summed E-state index contributed by atoms with van der Waals surface area (Å²) in [6.07, 6.45) is 2.29. The topological polar surface area (TPSA) is 21.3 Å². The van der Waals surface area contributed by atoms with E-state index in [1.54, 1.807) is 0 Å². The molecular weight excluding hydrogens is 302 g/mol. The zero-order valence-corrected chi connectivity index (χ0v) is 13.9. The van der Waals surface area contributed by atoms with Crippen LogP contribution in [-0.2, 0) is 5.41 Å². The molecule has 0 amide bonds. The molecule has 1 aromatic rings. The Kier molecular flexibility index (Phi) is 4.57. The fourth-order valence-corrected chi connectivity index (χ4v) is 3.70. The summed E-state index contributed by atoms with van der Waals surface area (Å²) in [4.78, 5) is 0. The van der Waals surface area contributed by atoms with E-state index in [2.05, 4.69) is 54.2 Å². The van der Waals surface area contributed by atoms with E-state index in [1.165, 1.54) is 15.6 Å². The lowest BCUT2D eigenvalue weighted by atomic mass is 9.86. The Bertz CT molecular complexity index is 456. The molecule has 1 aliphatic carbocycles. The minimum absolute atomic E-state index is 0.162. The minimum Gasteiger partial charge on any atom is -0.494 e. The van der Waals surface area contributed by atoms with Crippen LogP contribution in [0.5, 0.6) is 5.75 Å². The van der Waals surface area contributed by atoms with Crippen LogP contribution in [0, 0.1) is 0 Å². The number of ether oxygens (including phenoxy) is 1. The van der Waals surface area contributed by atoms with Crippen LogP contribution < -0.4 is 10.1 Å². The maximum atomic E-state index is 5.84. The first kappa shape index (κ1) is 14.9. The van der Waals surface area contributed by atoms with Gasteiger partial charge in [0.15, 0.2) is 0 Å². The SMILES string of the molecule is CCCNC1CC(C)(C)c2c(OCC)ccc(Br)c21. The van der Waals surface area contributed by atoms with Crippen molar-refractivity contribution in [3.63, 3.8) is 0 Å². The molecule has 3 heteroatoms. The van der Waals surface area contributed by atoms with Gasteiger partial charge in [-0.1, -0.05) is 36.7 Å². The Balaban J connectivity index is 2.46. The highest BCUT2D eigenvalue weighted by Crippen LogP contribution is 2.51. The molecule has 1 unspecified atom stereocenters. The number of fused-ring (bicyclic) bond motifs is 1. The van der Waals surface area contributed by atoms with Crippen molar-refractivity contribution in [2.45, 2.75) is 52.0 Å². The average molecular weight is 326 g/mol. The van der Waals surface area contributed by atoms with Crippen molar-refractivity contribution in [3.05, 3.63) is 27.7 Å². The molecular formula is C16H24BrNO. The van der Waals surface area contributed by atoms with Gasteiger partial charge in [0.2, 0.25) is 0 Å². The Hall–Kier alpha value is -0.540. The van der Waals surface area contributed by atoms with Crippen LogP contribution in [0.25, 0.3) is 0 Å². The van der Waals surface area contributed by atoms with Crippen molar-refractivity contribution >= 4 is 15.9 Å². The molecule has 0 aromatic heterocycles. The molecule has 1 aliphatic rings. The molecule has 1 aromatic carbocycles. The largest absolute Gasteiger partial charge is 0.494 e. The number of rotatable bonds is 5. The Morgan fingerprint density at radius 3 is 2.74 bits per heavy atom. The summed E-state index contributed by atoms with van der Waals surface area (Å²) in [6.45, 7) is 10.7. The van der Waals surface area contributed by atoms with Crippen LogP contribution in [0.3, 0.4) is 0 Å². The van der Waals surface area contributed by atoms with Gasteiger partial charge in [-0.3, -0.25) is 0 Å². The van der Waals surface area contributed by atoms with E-state index in [0.29, 0.717) is 6.04 Å². The van der Waals surface area contributed by atoms with Crippen molar-refractivity contribution in [2.24, 2.45) is 0 Å². The molecule has 106 valence electrons. The van der Waals surface area contributed by atoms with Gasteiger partial charge in [-0.2, -0.15) is 0 Å². The summed E-state index contributed by atoms with van der Waals surface area (Å²) >= 11 is 3.72. The van der Waals surface area contributed by atoms with Gasteiger partial charge in [0.1, 0.15) is 5.75 Å². The molecule has 19 heavy (non-hydrogen) atoms. The summed E-state index contributed by atoms with van der Waals surface area (Å²) in [5.74, 6) is 1.05. The number of nitrogens with one attached hydrogen (secondary N) is 1. The van der Waals surface area contributed by atoms with Crippen LogP contribution >= 0.6 is 15.9 Å². The van der Waals surface area contributed by atoms with Gasteiger partial charge in [-0.05, 0) is 49.4 Å². The van der Waals surface area contributed by atoms with Crippen LogP contribution in [0.2, 0.25) is 0 Å². The smallest absolute Gasteiger partial charge is 0.123 e. The average Bonchev–Trinajstić information content (AvgIpc) is 2.63. The van der Waals surface area contributed by atoms with E-state index >= 15 is 0 Å². The van der Waals surface area contributed by atoms with E-state index in [1.807, 2.05) is 6.92 Å². The summed E-state index contributed by atoms with van der Waals surface area (Å²) in [5, 5.41) is 3.67. The van der Waals surface area contributed by atoms with Crippen molar-refractivity contribution in [2.75, 3.05) is 13.2 Å². The fourth-order valence-electron chi connectivity index (χ4n) is 3.10. The number of hydrogen-bond acceptors (Lipinski definition) is 2. The molecule has 2 nitrogen and oxygen atoms in total. The summed E-state index contributed by atoms with van der Waals surface area (Å²) in [5.41, 5.74) is 2.93. The monoisotopic (exact) mass is 325 g/mol. The zero-order valence-electron chi connectivity index (χ0n) is 12.3. The predicted molar refractivity (Wildman–Crippen MR) is 84.0 cm³/mol. The molecule has 0 spiro atoms. The Labute approximate surface area is 125 Å². The first-order valence-corrected chi connectivity index (χ1v) is 7.99. The second kappa shape index (κ2) is 5.84. The molecule has 1 atom stereocenters. The minimum atomic E-state index is 0.162. The lowest BCUT2D eigenvalue weighted by Crippen LogP contribution is -2.22. The Morgan fingerprint density at radius 2 is 2.11 bits per heavy atom. The van der Waals surface area contributed by atoms with Crippen LogP contribution in [0.15, 0.2) is 16.6 Å². The highest BCUT2D eigenvalue weighted by molar-refractivity contribution is 9.10. The third kappa shape index (κ3) is 2.82. The van der Waals surface area contributed by atoms with E-state index in [-0.39, 0.29) is 5.41 Å². The van der Waals surface area contributed by atoms with Crippen LogP contribution in [0.1, 0.15) is 57.7 Å². The third-order valence-corrected chi connectivity index (χ3v) is 4.53. The Morgan fingerprint density at radius 1 is 1.37 bits per heavy atom. The third-order valence-electron chi connectivity index (χ3n) is 3.83. The molecule has 0 radical (unpaired) electrons. The highest BCUT2D eigenvalue weighted by atomic mass is 79.9. The normalized spacial score (nSPS) is 20.4. The van der Waals surface area contributed by atoms with E-state index in [0.717, 1.165) is 31.7 Å². The van der Waals surface area contributed by atoms with Crippen molar-refractivity contribution < 1.29 is 4.74 Å². The molecule has 0 saturated carbocycles. The second-order valence-electron chi connectivity index (χ2n) is 5.86. The molecule has 0 bridgehead atoms. The quantitative estimate of drug-likeness (QED) is 0.856. The van der Waals surface area contributed by atoms with Gasteiger partial charge < -0.3 is 10.1 Å². The van der Waals surface area contributed by atoms with Crippen molar-refractivity contribution in [3.8, 4) is 5.75 Å². The summed E-state index contributed by atoms with van der Waals surface area (Å²) in [6, 6.07) is 4.64. The van der Waals surface area contributed by atoms with Crippen LogP contribution in [0.4, 0.5) is 0 Å². The standard InChI is InChI=1S/C16H24BrNO/c1-5-9-18-12-10-16(3,4)15-13(19-6-2)8-7-11(17)14(12)15/h7-8,12,18H,5-6,9-10H2,1-4H3. The molecule has 0 aliphatic heterocycles. The van der Waals surface area contributed by atoms with Crippen molar-refractivity contribution in [1.82, 2.24) is 5.32 Å². The van der Waals surface area contributed by atoms with Gasteiger partial charge in [0.05, 0.1) is 6.61 Å². The van der Waals surface area contributed by atoms with Gasteiger partial charge in [-0.15, -0.1) is 0 Å². The number of hydrogen-bond donors (Lipinski definition) is 1. The van der Waals surface area contributed by atoms with Gasteiger partial charge >= 0.3 is 0 Å². The fraction of sp³-hybridized carbons (Fsp3) is 0.625. The predicted octanol–water partition coefficient (Wildman–Crippen LogP) is 4.57.